The minimum Gasteiger partial charge on any atom is -0.198 e. The van der Waals surface area contributed by atoms with Crippen LogP contribution in [0.5, 0.6) is 0 Å². The molecule has 0 spiro atoms. The zero-order valence-electron chi connectivity index (χ0n) is 16.0. The molecule has 2 nitrogen and oxygen atoms in total. The van der Waals surface area contributed by atoms with Crippen LogP contribution in [0.25, 0.3) is 0 Å². The van der Waals surface area contributed by atoms with Gasteiger partial charge in [-0.25, -0.2) is 0 Å². The van der Waals surface area contributed by atoms with Crippen molar-refractivity contribution in [3.8, 4) is 12.1 Å². The molecule has 0 radical (unpaired) electrons. The van der Waals surface area contributed by atoms with Gasteiger partial charge in [0.2, 0.25) is 0 Å². The van der Waals surface area contributed by atoms with Gasteiger partial charge in [0, 0.05) is 0 Å². The molecule has 2 aliphatic carbocycles. The second-order valence-corrected chi connectivity index (χ2v) is 9.25. The van der Waals surface area contributed by atoms with E-state index < -0.39 is 0 Å². The van der Waals surface area contributed by atoms with Gasteiger partial charge in [-0.2, -0.15) is 10.5 Å². The Morgan fingerprint density at radius 1 is 1.17 bits per heavy atom. The highest BCUT2D eigenvalue weighted by Gasteiger charge is 2.45. The van der Waals surface area contributed by atoms with Gasteiger partial charge in [-0.15, -0.1) is 0 Å². The Kier molecular flexibility index (Phi) is 6.14. The van der Waals surface area contributed by atoms with Gasteiger partial charge in [0.1, 0.15) is 0 Å². The van der Waals surface area contributed by atoms with Crippen LogP contribution in [0, 0.1) is 63.6 Å². The Morgan fingerprint density at radius 2 is 1.88 bits per heavy atom. The summed E-state index contributed by atoms with van der Waals surface area (Å²) in [6, 6.07) is 5.16. The van der Waals surface area contributed by atoms with E-state index in [0.29, 0.717) is 17.8 Å². The summed E-state index contributed by atoms with van der Waals surface area (Å²) in [7, 11) is 0. The molecule has 0 aromatic carbocycles. The fraction of sp³-hybridized carbons (Fsp3) is 0.818. The molecule has 2 rings (SSSR count). The van der Waals surface area contributed by atoms with Crippen LogP contribution in [-0.4, -0.2) is 0 Å². The molecular formula is C22H34N2. The number of hydrogen-bond acceptors (Lipinski definition) is 2. The second-order valence-electron chi connectivity index (χ2n) is 9.25. The second kappa shape index (κ2) is 7.74. The summed E-state index contributed by atoms with van der Waals surface area (Å²) < 4.78 is 0. The molecule has 2 fully saturated rings. The first kappa shape index (κ1) is 19.1. The zero-order valence-corrected chi connectivity index (χ0v) is 16.0. The standard InChI is InChI=1S/C22H34N2/c1-15-7-6-8-16(2)21-18(12-22(4,5)14-24)11-17(3)19(10-9-15)20(21)13-23/h15,17-21H,2,6-12H2,1,3-5H3. The summed E-state index contributed by atoms with van der Waals surface area (Å²) in [6.07, 6.45) is 7.99. The summed E-state index contributed by atoms with van der Waals surface area (Å²) in [6.45, 7) is 13.2. The number of allylic oxidation sites excluding steroid dienone is 1. The number of rotatable bonds is 2. The predicted octanol–water partition coefficient (Wildman–Crippen LogP) is 6.11. The monoisotopic (exact) mass is 326 g/mol. The maximum Gasteiger partial charge on any atom is 0.0684 e. The van der Waals surface area contributed by atoms with Crippen molar-refractivity contribution < 1.29 is 0 Å². The molecule has 6 atom stereocenters. The summed E-state index contributed by atoms with van der Waals surface area (Å²) >= 11 is 0. The van der Waals surface area contributed by atoms with Crippen LogP contribution in [-0.2, 0) is 0 Å². The van der Waals surface area contributed by atoms with Gasteiger partial charge < -0.3 is 0 Å². The zero-order chi connectivity index (χ0) is 17.9. The van der Waals surface area contributed by atoms with E-state index in [-0.39, 0.29) is 17.3 Å². The Morgan fingerprint density at radius 3 is 2.50 bits per heavy atom. The molecule has 2 heteroatoms. The van der Waals surface area contributed by atoms with Crippen molar-refractivity contribution in [3.05, 3.63) is 12.2 Å². The lowest BCUT2D eigenvalue weighted by Crippen LogP contribution is -2.41. The highest BCUT2D eigenvalue weighted by atomic mass is 14.5. The Balaban J connectivity index is 2.33. The molecular weight excluding hydrogens is 292 g/mol. The van der Waals surface area contributed by atoms with Gasteiger partial charge in [-0.05, 0) is 75.5 Å². The number of nitriles is 2. The lowest BCUT2D eigenvalue weighted by Gasteiger charge is -2.47. The third-order valence-corrected chi connectivity index (χ3v) is 6.64. The summed E-state index contributed by atoms with van der Waals surface area (Å²) in [5.74, 6) is 2.64. The fourth-order valence-corrected chi connectivity index (χ4v) is 5.32. The molecule has 132 valence electrons. The normalized spacial score (nSPS) is 38.0. The van der Waals surface area contributed by atoms with Crippen molar-refractivity contribution in [2.75, 3.05) is 0 Å². The van der Waals surface area contributed by atoms with E-state index in [1.165, 1.54) is 31.3 Å². The van der Waals surface area contributed by atoms with E-state index in [2.05, 4.69) is 32.6 Å². The predicted molar refractivity (Wildman–Crippen MR) is 98.8 cm³/mol. The number of fused-ring (bicyclic) bond motifs is 2. The Labute approximate surface area is 148 Å². The average Bonchev–Trinajstić information content (AvgIpc) is 2.52. The average molecular weight is 327 g/mol. The highest BCUT2D eigenvalue weighted by Crippen LogP contribution is 2.51. The van der Waals surface area contributed by atoms with Crippen LogP contribution in [0.3, 0.4) is 0 Å². The van der Waals surface area contributed by atoms with E-state index in [0.717, 1.165) is 25.2 Å². The maximum atomic E-state index is 9.99. The van der Waals surface area contributed by atoms with E-state index in [4.69, 9.17) is 0 Å². The molecule has 0 heterocycles. The Bertz CT molecular complexity index is 533. The van der Waals surface area contributed by atoms with Gasteiger partial charge in [-0.1, -0.05) is 38.8 Å². The van der Waals surface area contributed by atoms with Crippen LogP contribution in [0.1, 0.15) is 72.6 Å². The molecule has 2 saturated carbocycles. The number of hydrogen-bond donors (Lipinski definition) is 0. The van der Waals surface area contributed by atoms with Crippen LogP contribution in [0.15, 0.2) is 12.2 Å². The third-order valence-electron chi connectivity index (χ3n) is 6.64. The van der Waals surface area contributed by atoms with Crippen molar-refractivity contribution in [1.29, 1.82) is 10.5 Å². The van der Waals surface area contributed by atoms with Gasteiger partial charge in [0.05, 0.1) is 23.5 Å². The summed E-state index contributed by atoms with van der Waals surface area (Å²) in [5.41, 5.74) is 0.965. The van der Waals surface area contributed by atoms with Crippen molar-refractivity contribution in [3.63, 3.8) is 0 Å². The van der Waals surface area contributed by atoms with Gasteiger partial charge in [-0.3, -0.25) is 0 Å². The minimum atomic E-state index is -0.318. The lowest BCUT2D eigenvalue weighted by atomic mass is 9.56. The first-order valence-electron chi connectivity index (χ1n) is 9.77. The van der Waals surface area contributed by atoms with Gasteiger partial charge in [0.15, 0.2) is 0 Å². The van der Waals surface area contributed by atoms with E-state index >= 15 is 0 Å². The lowest BCUT2D eigenvalue weighted by molar-refractivity contribution is 0.0632. The smallest absolute Gasteiger partial charge is 0.0684 e. The summed E-state index contributed by atoms with van der Waals surface area (Å²) in [4.78, 5) is 0. The molecule has 0 aliphatic heterocycles. The first-order chi connectivity index (χ1) is 11.3. The van der Waals surface area contributed by atoms with Crippen molar-refractivity contribution >= 4 is 0 Å². The van der Waals surface area contributed by atoms with E-state index in [1.54, 1.807) is 0 Å². The third kappa shape index (κ3) is 4.22. The minimum absolute atomic E-state index is 0.0889. The van der Waals surface area contributed by atoms with E-state index in [1.807, 2.05) is 13.8 Å². The molecule has 0 saturated heterocycles. The molecule has 6 unspecified atom stereocenters. The molecule has 0 amide bonds. The van der Waals surface area contributed by atoms with Crippen molar-refractivity contribution in [2.24, 2.45) is 40.9 Å². The fourth-order valence-electron chi connectivity index (χ4n) is 5.32. The molecule has 2 aliphatic rings. The van der Waals surface area contributed by atoms with Crippen LogP contribution < -0.4 is 0 Å². The highest BCUT2D eigenvalue weighted by molar-refractivity contribution is 5.15. The van der Waals surface area contributed by atoms with Crippen LogP contribution in [0.4, 0.5) is 0 Å². The summed E-state index contributed by atoms with van der Waals surface area (Å²) in [5, 5.41) is 19.5. The van der Waals surface area contributed by atoms with Gasteiger partial charge in [0.25, 0.3) is 0 Å². The van der Waals surface area contributed by atoms with Crippen molar-refractivity contribution in [2.45, 2.75) is 72.6 Å². The van der Waals surface area contributed by atoms with Crippen LogP contribution >= 0.6 is 0 Å². The molecule has 0 aromatic heterocycles. The molecule has 2 bridgehead atoms. The Hall–Kier alpha value is -1.28. The SMILES string of the molecule is C=C1CCCC(C)CCC2C(C)CC(CC(C)(C)C#N)C1C2C#N. The van der Waals surface area contributed by atoms with Crippen LogP contribution in [0.2, 0.25) is 0 Å². The molecule has 24 heavy (non-hydrogen) atoms. The van der Waals surface area contributed by atoms with Gasteiger partial charge >= 0.3 is 0 Å². The maximum absolute atomic E-state index is 9.99. The largest absolute Gasteiger partial charge is 0.198 e. The van der Waals surface area contributed by atoms with E-state index in [9.17, 15) is 10.5 Å². The molecule has 0 N–H and O–H groups in total. The topological polar surface area (TPSA) is 47.6 Å². The first-order valence-corrected chi connectivity index (χ1v) is 9.77. The quantitative estimate of drug-likeness (QED) is 0.575. The van der Waals surface area contributed by atoms with Crippen molar-refractivity contribution in [1.82, 2.24) is 0 Å². The molecule has 0 aromatic rings. The number of nitrogens with zero attached hydrogens (tertiary/aromatic N) is 2.